The van der Waals surface area contributed by atoms with Crippen molar-refractivity contribution < 1.29 is 9.59 Å². The van der Waals surface area contributed by atoms with Gasteiger partial charge in [-0.1, -0.05) is 81.4 Å². The fourth-order valence-electron chi connectivity index (χ4n) is 4.78. The molecule has 0 saturated heterocycles. The molecule has 4 rings (SSSR count). The van der Waals surface area contributed by atoms with E-state index < -0.39 is 11.8 Å². The number of nitrogens with two attached hydrogens (primary N) is 1. The van der Waals surface area contributed by atoms with Crippen LogP contribution in [-0.2, 0) is 17.6 Å². The molecule has 1 aromatic heterocycles. The van der Waals surface area contributed by atoms with Crippen molar-refractivity contribution in [2.45, 2.75) is 46.0 Å². The molecule has 0 saturated carbocycles. The highest BCUT2D eigenvalue weighted by atomic mass is 32.1. The minimum absolute atomic E-state index is 0.153. The molecule has 1 heterocycles. The zero-order valence-electron chi connectivity index (χ0n) is 20.3. The third-order valence-electron chi connectivity index (χ3n) is 6.73. The number of carbonyl (C=O) groups excluding carboxylic acids is 2. The summed E-state index contributed by atoms with van der Waals surface area (Å²) in [6.45, 7) is 6.76. The zero-order valence-corrected chi connectivity index (χ0v) is 21.9. The fraction of sp³-hybridized carbons (Fsp3) is 0.321. The molecule has 1 aliphatic rings. The molecular weight excluding hydrogens is 474 g/mol. The van der Waals surface area contributed by atoms with Crippen molar-refractivity contribution in [2.24, 2.45) is 17.1 Å². The Morgan fingerprint density at radius 2 is 1.60 bits per heavy atom. The number of primary amides is 1. The van der Waals surface area contributed by atoms with Crippen LogP contribution < -0.4 is 16.4 Å². The summed E-state index contributed by atoms with van der Waals surface area (Å²) >= 11 is 7.03. The van der Waals surface area contributed by atoms with Crippen LogP contribution in [0.3, 0.4) is 0 Å². The molecule has 1 atom stereocenters. The van der Waals surface area contributed by atoms with Gasteiger partial charge in [0.15, 0.2) is 5.11 Å². The molecule has 0 bridgehead atoms. The second kappa shape index (κ2) is 10.3. The van der Waals surface area contributed by atoms with Crippen LogP contribution in [0.5, 0.6) is 0 Å². The van der Waals surface area contributed by atoms with E-state index in [-0.39, 0.29) is 16.4 Å². The van der Waals surface area contributed by atoms with Crippen LogP contribution in [0.1, 0.15) is 65.0 Å². The highest BCUT2D eigenvalue weighted by Crippen LogP contribution is 2.44. The lowest BCUT2D eigenvalue weighted by Gasteiger charge is -2.33. The highest BCUT2D eigenvalue weighted by molar-refractivity contribution is 7.80. The van der Waals surface area contributed by atoms with Crippen molar-refractivity contribution in [1.82, 2.24) is 5.32 Å². The minimum Gasteiger partial charge on any atom is -0.365 e. The smallest absolute Gasteiger partial charge is 0.251 e. The van der Waals surface area contributed by atoms with E-state index in [1.807, 2.05) is 60.7 Å². The van der Waals surface area contributed by atoms with E-state index in [4.69, 9.17) is 18.0 Å². The molecular formula is C28H31N3O2S2. The van der Waals surface area contributed by atoms with Crippen LogP contribution in [0, 0.1) is 11.3 Å². The lowest BCUT2D eigenvalue weighted by Crippen LogP contribution is -2.38. The molecule has 182 valence electrons. The first-order valence-electron chi connectivity index (χ1n) is 11.8. The average Bonchev–Trinajstić information content (AvgIpc) is 3.17. The van der Waals surface area contributed by atoms with Crippen LogP contribution >= 0.6 is 23.6 Å². The second-order valence-corrected chi connectivity index (χ2v) is 11.6. The molecule has 1 aliphatic carbocycles. The van der Waals surface area contributed by atoms with E-state index in [0.29, 0.717) is 16.5 Å². The number of thiophene rings is 1. The van der Waals surface area contributed by atoms with Gasteiger partial charge < -0.3 is 16.4 Å². The van der Waals surface area contributed by atoms with Crippen molar-refractivity contribution in [3.63, 3.8) is 0 Å². The largest absolute Gasteiger partial charge is 0.365 e. The molecule has 4 N–H and O–H groups in total. The third-order valence-corrected chi connectivity index (χ3v) is 8.10. The van der Waals surface area contributed by atoms with Crippen molar-refractivity contribution in [1.29, 1.82) is 0 Å². The summed E-state index contributed by atoms with van der Waals surface area (Å²) < 4.78 is 0. The number of amides is 2. The molecule has 2 amide bonds. The van der Waals surface area contributed by atoms with Gasteiger partial charge in [0, 0.05) is 4.88 Å². The quantitative estimate of drug-likeness (QED) is 0.392. The number of fused-ring (bicyclic) bond motifs is 1. The van der Waals surface area contributed by atoms with Gasteiger partial charge in [0.1, 0.15) is 5.00 Å². The number of hydrogen-bond donors (Lipinski definition) is 3. The van der Waals surface area contributed by atoms with Crippen molar-refractivity contribution in [2.75, 3.05) is 5.32 Å². The second-order valence-electron chi connectivity index (χ2n) is 10.1. The van der Waals surface area contributed by atoms with Gasteiger partial charge in [0.05, 0.1) is 11.5 Å². The topological polar surface area (TPSA) is 84.2 Å². The summed E-state index contributed by atoms with van der Waals surface area (Å²) in [6, 6.07) is 19.2. The maximum atomic E-state index is 13.4. The Bertz CT molecular complexity index is 1190. The van der Waals surface area contributed by atoms with E-state index in [1.54, 1.807) is 0 Å². The van der Waals surface area contributed by atoms with Gasteiger partial charge in [-0.05, 0) is 59.5 Å². The van der Waals surface area contributed by atoms with Gasteiger partial charge in [-0.3, -0.25) is 9.59 Å². The van der Waals surface area contributed by atoms with Crippen LogP contribution in [0.2, 0.25) is 0 Å². The maximum absolute atomic E-state index is 13.4. The number of thiocarbonyl (C=S) groups is 1. The predicted octanol–water partition coefficient (Wildman–Crippen LogP) is 5.64. The molecule has 5 nitrogen and oxygen atoms in total. The van der Waals surface area contributed by atoms with Gasteiger partial charge in [0.25, 0.3) is 5.91 Å². The molecule has 7 heteroatoms. The molecule has 0 unspecified atom stereocenters. The number of benzene rings is 2. The van der Waals surface area contributed by atoms with Crippen LogP contribution in [0.25, 0.3) is 0 Å². The van der Waals surface area contributed by atoms with Crippen molar-refractivity contribution in [3.05, 3.63) is 87.8 Å². The van der Waals surface area contributed by atoms with Gasteiger partial charge in [-0.15, -0.1) is 11.3 Å². The first kappa shape index (κ1) is 25.1. The Morgan fingerprint density at radius 3 is 2.11 bits per heavy atom. The average molecular weight is 506 g/mol. The minimum atomic E-state index is -0.517. The highest BCUT2D eigenvalue weighted by Gasteiger charge is 2.33. The van der Waals surface area contributed by atoms with Gasteiger partial charge in [0.2, 0.25) is 5.91 Å². The number of hydrogen-bond acceptors (Lipinski definition) is 4. The molecule has 35 heavy (non-hydrogen) atoms. The standard InChI is InChI=1S/C28H31N3O2S2/c1-28(2,3)19-14-15-20-21(16-19)35-26(23(20)24(29)32)31-27(34)30-25(33)22(17-10-6-4-7-11-17)18-12-8-5-9-13-18/h4-13,19,22H,14-16H2,1-3H3,(H2,29,32)(H2,30,31,33,34)/t19-/m0/s1. The maximum Gasteiger partial charge on any atom is 0.251 e. The fourth-order valence-corrected chi connectivity index (χ4v) is 6.38. The van der Waals surface area contributed by atoms with E-state index in [9.17, 15) is 9.59 Å². The van der Waals surface area contributed by atoms with Gasteiger partial charge in [-0.25, -0.2) is 0 Å². The lowest BCUT2D eigenvalue weighted by atomic mass is 9.72. The van der Waals surface area contributed by atoms with Gasteiger partial charge >= 0.3 is 0 Å². The SMILES string of the molecule is CC(C)(C)[C@H]1CCc2c(sc(NC(=S)NC(=O)C(c3ccccc3)c3ccccc3)c2C(N)=O)C1. The molecule has 0 radical (unpaired) electrons. The summed E-state index contributed by atoms with van der Waals surface area (Å²) in [5, 5.41) is 6.71. The Kier molecular flexibility index (Phi) is 7.38. The zero-order chi connectivity index (χ0) is 25.2. The molecule has 2 aromatic carbocycles. The normalized spacial score (nSPS) is 15.4. The molecule has 0 aliphatic heterocycles. The van der Waals surface area contributed by atoms with E-state index in [1.165, 1.54) is 16.2 Å². The summed E-state index contributed by atoms with van der Waals surface area (Å²) in [4.78, 5) is 26.9. The Hall–Kier alpha value is -3.03. The monoisotopic (exact) mass is 505 g/mol. The summed E-state index contributed by atoms with van der Waals surface area (Å²) in [5.41, 5.74) is 9.23. The van der Waals surface area contributed by atoms with Crippen LogP contribution in [0.4, 0.5) is 5.00 Å². The van der Waals surface area contributed by atoms with Crippen LogP contribution in [0.15, 0.2) is 60.7 Å². The van der Waals surface area contributed by atoms with E-state index in [0.717, 1.165) is 36.0 Å². The lowest BCUT2D eigenvalue weighted by molar-refractivity contribution is -0.120. The third kappa shape index (κ3) is 5.63. The van der Waals surface area contributed by atoms with Crippen LogP contribution in [-0.4, -0.2) is 16.9 Å². The Balaban J connectivity index is 1.55. The summed E-state index contributed by atoms with van der Waals surface area (Å²) in [5.74, 6) is -0.697. The van der Waals surface area contributed by atoms with Gasteiger partial charge in [-0.2, -0.15) is 0 Å². The number of carbonyl (C=O) groups is 2. The Labute approximate surface area is 216 Å². The number of nitrogens with one attached hydrogen (secondary N) is 2. The van der Waals surface area contributed by atoms with E-state index in [2.05, 4.69) is 31.4 Å². The number of rotatable bonds is 5. The Morgan fingerprint density at radius 1 is 1.03 bits per heavy atom. The molecule has 0 fully saturated rings. The van der Waals surface area contributed by atoms with Crippen molar-refractivity contribution >= 4 is 45.5 Å². The van der Waals surface area contributed by atoms with E-state index >= 15 is 0 Å². The summed E-state index contributed by atoms with van der Waals surface area (Å²) in [7, 11) is 0. The summed E-state index contributed by atoms with van der Waals surface area (Å²) in [6.07, 6.45) is 2.75. The number of anilines is 1. The van der Waals surface area contributed by atoms with Crippen molar-refractivity contribution in [3.8, 4) is 0 Å². The predicted molar refractivity (Wildman–Crippen MR) is 147 cm³/mol. The molecule has 0 spiro atoms. The first-order valence-corrected chi connectivity index (χ1v) is 13.0. The molecule has 3 aromatic rings. The first-order chi connectivity index (χ1) is 16.6.